The van der Waals surface area contributed by atoms with Crippen molar-refractivity contribution in [2.45, 2.75) is 104 Å². The number of aryl methyl sites for hydroxylation is 1. The molecule has 4 N–H and O–H groups in total. The molecule has 2 aromatic heterocycles. The number of hydrogen-bond acceptors (Lipinski definition) is 14. The first kappa shape index (κ1) is 54.7. The minimum atomic E-state index is -1.09. The van der Waals surface area contributed by atoms with E-state index in [1.54, 1.807) is 34.9 Å². The minimum absolute atomic E-state index is 0.0277. The number of nitrogens with zero attached hydrogens (tertiary/aromatic N) is 2. The van der Waals surface area contributed by atoms with E-state index in [0.717, 1.165) is 90.5 Å². The lowest BCUT2D eigenvalue weighted by atomic mass is 9.85. The van der Waals surface area contributed by atoms with Gasteiger partial charge in [-0.05, 0) is 111 Å². The zero-order valence-electron chi connectivity index (χ0n) is 41.6. The van der Waals surface area contributed by atoms with E-state index < -0.39 is 12.1 Å². The van der Waals surface area contributed by atoms with Crippen LogP contribution < -0.4 is 26.7 Å². The van der Waals surface area contributed by atoms with Gasteiger partial charge in [-0.2, -0.15) is 0 Å². The average Bonchev–Trinajstić information content (AvgIpc) is 3.73. The number of carbonyl (C=O) groups excluding carboxylic acids is 3. The van der Waals surface area contributed by atoms with Gasteiger partial charge in [-0.3, -0.25) is 14.4 Å². The average molecular weight is 958 g/mol. The number of aromatic nitrogens is 2. The Hall–Kier alpha value is -5.23. The number of carbonyl (C=O) groups is 3. The van der Waals surface area contributed by atoms with Crippen molar-refractivity contribution in [3.05, 3.63) is 86.7 Å². The van der Waals surface area contributed by atoms with E-state index in [9.17, 15) is 19.2 Å². The number of pyridine rings is 2. The SMILES string of the molecule is CCc1c2c(nc3ccc(OC(C(=O)OC)c4ccc(NC(=O)C(CCCNC)[C@@H](C)CCCCCOCCOCCOCCOCCN)cc4)cc13)-c1cc(C(C)CC)c(COC=O)c(=O)n1C2. The third-order valence-corrected chi connectivity index (χ3v) is 12.9. The van der Waals surface area contributed by atoms with Gasteiger partial charge in [0.15, 0.2) is 0 Å². The monoisotopic (exact) mass is 958 g/mol. The van der Waals surface area contributed by atoms with Crippen LogP contribution in [0.5, 0.6) is 5.75 Å². The first-order valence-corrected chi connectivity index (χ1v) is 24.7. The Balaban J connectivity index is 1.18. The fraction of sp³-hybridized carbons (Fsp3) is 0.566. The van der Waals surface area contributed by atoms with Gasteiger partial charge in [0.2, 0.25) is 12.0 Å². The molecule has 0 bridgehead atoms. The Morgan fingerprint density at radius 2 is 1.55 bits per heavy atom. The second-order valence-corrected chi connectivity index (χ2v) is 17.6. The largest absolute Gasteiger partial charge is 0.474 e. The van der Waals surface area contributed by atoms with Gasteiger partial charge >= 0.3 is 5.97 Å². The number of ether oxygens (including phenoxy) is 7. The van der Waals surface area contributed by atoms with Crippen molar-refractivity contribution in [1.82, 2.24) is 14.9 Å². The van der Waals surface area contributed by atoms with Crippen LogP contribution in [0.1, 0.15) is 112 Å². The Bertz CT molecular complexity index is 2300. The number of esters is 1. The summed E-state index contributed by atoms with van der Waals surface area (Å²) in [5.41, 5.74) is 11.9. The third-order valence-electron chi connectivity index (χ3n) is 12.9. The first-order valence-electron chi connectivity index (χ1n) is 24.7. The summed E-state index contributed by atoms with van der Waals surface area (Å²) < 4.78 is 40.5. The predicted octanol–water partition coefficient (Wildman–Crippen LogP) is 7.24. The molecule has 16 heteroatoms. The number of nitrogens with two attached hydrogens (primary N) is 1. The van der Waals surface area contributed by atoms with Gasteiger partial charge in [0, 0.05) is 41.3 Å². The second-order valence-electron chi connectivity index (χ2n) is 17.6. The molecule has 1 aliphatic heterocycles. The summed E-state index contributed by atoms with van der Waals surface area (Å²) >= 11 is 0. The van der Waals surface area contributed by atoms with Gasteiger partial charge in [0.05, 0.1) is 82.4 Å². The number of rotatable bonds is 34. The van der Waals surface area contributed by atoms with Gasteiger partial charge in [0.1, 0.15) is 12.4 Å². The molecule has 69 heavy (non-hydrogen) atoms. The lowest BCUT2D eigenvalue weighted by Gasteiger charge is -2.24. The maximum Gasteiger partial charge on any atom is 0.351 e. The first-order chi connectivity index (χ1) is 33.6. The van der Waals surface area contributed by atoms with E-state index in [0.29, 0.717) is 101 Å². The molecule has 0 radical (unpaired) electrons. The van der Waals surface area contributed by atoms with Crippen LogP contribution in [0.2, 0.25) is 0 Å². The molecule has 378 valence electrons. The lowest BCUT2D eigenvalue weighted by Crippen LogP contribution is -2.29. The highest BCUT2D eigenvalue weighted by atomic mass is 16.6. The molecule has 4 atom stereocenters. The maximum atomic E-state index is 13.9. The summed E-state index contributed by atoms with van der Waals surface area (Å²) in [7, 11) is 3.24. The van der Waals surface area contributed by atoms with Crippen molar-refractivity contribution in [3.8, 4) is 17.1 Å². The van der Waals surface area contributed by atoms with E-state index in [1.165, 1.54) is 7.11 Å². The molecule has 1 aliphatic rings. The predicted molar refractivity (Wildman–Crippen MR) is 267 cm³/mol. The summed E-state index contributed by atoms with van der Waals surface area (Å²) in [5.74, 6) is -0.0750. The molecule has 0 spiro atoms. The molecule has 0 saturated heterocycles. The number of nitrogens with one attached hydrogen (secondary N) is 2. The number of methoxy groups -OCH3 is 1. The fourth-order valence-corrected chi connectivity index (χ4v) is 8.89. The molecule has 0 fully saturated rings. The van der Waals surface area contributed by atoms with Crippen LogP contribution in [0.3, 0.4) is 0 Å². The number of anilines is 1. The zero-order valence-corrected chi connectivity index (χ0v) is 41.6. The Kier molecular flexibility index (Phi) is 23.0. The zero-order chi connectivity index (χ0) is 49.5. The normalized spacial score (nSPS) is 13.6. The van der Waals surface area contributed by atoms with Crippen LogP contribution in [0.15, 0.2) is 53.3 Å². The maximum absolute atomic E-state index is 13.9. The fourth-order valence-electron chi connectivity index (χ4n) is 8.89. The number of amides is 1. The molecule has 4 aromatic rings. The minimum Gasteiger partial charge on any atom is -0.474 e. The van der Waals surface area contributed by atoms with Crippen molar-refractivity contribution in [2.75, 3.05) is 85.4 Å². The number of unbranched alkanes of at least 4 members (excludes halogenated alkanes) is 2. The molecule has 3 heterocycles. The number of fused-ring (bicyclic) bond motifs is 4. The smallest absolute Gasteiger partial charge is 0.351 e. The standard InChI is InChI=1S/C53H75N5O11/c1-7-36(3)43-32-48-49-45(33-58(48)52(61)46(43)34-68-35-59)41(8-2)44-31-40(19-20-47(44)57-49)69-50(53(62)63-6)38-15-17-39(18-16-38)56-51(60)42(14-12-22-55-5)37(4)13-10-9-11-23-64-25-27-66-29-30-67-28-26-65-24-21-54/h15-20,31-32,35-37,42,50,55H,7-14,21-30,33-34,54H2,1-6H3,(H,56,60)/t36?,37-,42?,50?/m0/s1. The highest BCUT2D eigenvalue weighted by Crippen LogP contribution is 2.39. The van der Waals surface area contributed by atoms with Crippen molar-refractivity contribution in [2.24, 2.45) is 17.6 Å². The molecule has 0 aliphatic carbocycles. The summed E-state index contributed by atoms with van der Waals surface area (Å²) in [6, 6.07) is 14.7. The van der Waals surface area contributed by atoms with E-state index in [2.05, 4.69) is 38.3 Å². The topological polar surface area (TPSA) is 201 Å². The van der Waals surface area contributed by atoms with Crippen molar-refractivity contribution >= 4 is 34.9 Å². The van der Waals surface area contributed by atoms with Crippen molar-refractivity contribution < 1.29 is 47.5 Å². The summed E-state index contributed by atoms with van der Waals surface area (Å²) in [6.07, 6.45) is 5.90. The second kappa shape index (κ2) is 29.1. The molecular weight excluding hydrogens is 883 g/mol. The molecule has 3 unspecified atom stereocenters. The van der Waals surface area contributed by atoms with Crippen LogP contribution in [-0.2, 0) is 62.4 Å². The lowest BCUT2D eigenvalue weighted by molar-refractivity contribution is -0.149. The Labute approximate surface area is 407 Å². The van der Waals surface area contributed by atoms with Gasteiger partial charge in [-0.25, -0.2) is 9.78 Å². The van der Waals surface area contributed by atoms with Crippen LogP contribution in [0, 0.1) is 11.8 Å². The molecule has 5 rings (SSSR count). The summed E-state index contributed by atoms with van der Waals surface area (Å²) in [6.45, 7) is 14.6. The van der Waals surface area contributed by atoms with E-state index in [4.69, 9.17) is 43.9 Å². The Morgan fingerprint density at radius 3 is 2.19 bits per heavy atom. The molecule has 1 amide bonds. The molecule has 0 saturated carbocycles. The number of hydrogen-bond donors (Lipinski definition) is 3. The Morgan fingerprint density at radius 1 is 0.855 bits per heavy atom. The van der Waals surface area contributed by atoms with Crippen molar-refractivity contribution in [1.29, 1.82) is 0 Å². The van der Waals surface area contributed by atoms with Crippen LogP contribution >= 0.6 is 0 Å². The summed E-state index contributed by atoms with van der Waals surface area (Å²) in [4.78, 5) is 57.2. The van der Waals surface area contributed by atoms with Gasteiger partial charge in [0.25, 0.3) is 12.0 Å². The van der Waals surface area contributed by atoms with E-state index in [-0.39, 0.29) is 35.8 Å². The summed E-state index contributed by atoms with van der Waals surface area (Å²) in [5, 5.41) is 7.19. The third kappa shape index (κ3) is 15.4. The molecule has 2 aromatic carbocycles. The van der Waals surface area contributed by atoms with Crippen LogP contribution in [-0.4, -0.2) is 108 Å². The number of benzene rings is 2. The van der Waals surface area contributed by atoms with Gasteiger partial charge < -0.3 is 54.1 Å². The van der Waals surface area contributed by atoms with Crippen LogP contribution in [0.4, 0.5) is 5.69 Å². The quantitative estimate of drug-likeness (QED) is 0.0212. The van der Waals surface area contributed by atoms with E-state index in [1.807, 2.05) is 25.2 Å². The molecular formula is C53H75N5O11. The van der Waals surface area contributed by atoms with Crippen molar-refractivity contribution in [3.63, 3.8) is 0 Å². The van der Waals surface area contributed by atoms with Gasteiger partial charge in [-0.15, -0.1) is 0 Å². The van der Waals surface area contributed by atoms with Crippen LogP contribution in [0.25, 0.3) is 22.3 Å². The highest BCUT2D eigenvalue weighted by Gasteiger charge is 2.30. The highest BCUT2D eigenvalue weighted by molar-refractivity contribution is 5.93. The van der Waals surface area contributed by atoms with E-state index >= 15 is 0 Å². The molecule has 16 nitrogen and oxygen atoms in total. The van der Waals surface area contributed by atoms with Gasteiger partial charge in [-0.1, -0.05) is 52.7 Å².